The molecule has 27 heavy (non-hydrogen) atoms. The molecule has 0 aliphatic carbocycles. The van der Waals surface area contributed by atoms with Crippen LogP contribution in [0.1, 0.15) is 33.0 Å². The molecule has 0 saturated carbocycles. The van der Waals surface area contributed by atoms with Crippen molar-refractivity contribution >= 4 is 16.8 Å². The summed E-state index contributed by atoms with van der Waals surface area (Å²) >= 11 is 0. The lowest BCUT2D eigenvalue weighted by molar-refractivity contribution is -0.904. The summed E-state index contributed by atoms with van der Waals surface area (Å²) in [5, 5.41) is 3.40. The molecule has 2 aromatic rings. The zero-order valence-corrected chi connectivity index (χ0v) is 16.6. The molecular formula is C19H29N4O4+. The number of methoxy groups -OCH3 is 2. The number of carbonyl (C=O) groups is 1. The van der Waals surface area contributed by atoms with Crippen LogP contribution < -0.4 is 25.2 Å². The van der Waals surface area contributed by atoms with Gasteiger partial charge in [0.15, 0.2) is 23.9 Å². The summed E-state index contributed by atoms with van der Waals surface area (Å²) in [7, 11) is 3.06. The maximum Gasteiger partial charge on any atom is 0.275 e. The van der Waals surface area contributed by atoms with Crippen LogP contribution in [0, 0.1) is 0 Å². The van der Waals surface area contributed by atoms with Gasteiger partial charge < -0.3 is 24.7 Å². The van der Waals surface area contributed by atoms with Gasteiger partial charge in [0.2, 0.25) is 0 Å². The van der Waals surface area contributed by atoms with E-state index in [0.29, 0.717) is 41.3 Å². The first-order chi connectivity index (χ1) is 12.9. The van der Waals surface area contributed by atoms with E-state index >= 15 is 0 Å². The smallest absolute Gasteiger partial charge is 0.275 e. The van der Waals surface area contributed by atoms with Crippen molar-refractivity contribution < 1.29 is 19.2 Å². The normalized spacial score (nSPS) is 13.2. The van der Waals surface area contributed by atoms with Gasteiger partial charge >= 0.3 is 0 Å². The third kappa shape index (κ3) is 5.19. The van der Waals surface area contributed by atoms with Gasteiger partial charge in [0.25, 0.3) is 11.5 Å². The summed E-state index contributed by atoms with van der Waals surface area (Å²) in [5.41, 5.74) is 0.293. The molecule has 1 unspecified atom stereocenters. The van der Waals surface area contributed by atoms with E-state index in [1.807, 2.05) is 20.8 Å². The minimum Gasteiger partial charge on any atom is -0.493 e. The summed E-state index contributed by atoms with van der Waals surface area (Å²) in [6.07, 6.45) is 0.887. The standard InChI is InChI=1S/C19H28N4O4/c1-6-12(3)20-18(24)11-23(7-2)10-17-21-14-9-16(27-5)15(26-4)8-13(14)19(25)22-17/h8-9,12H,6-7,10-11H2,1-5H3,(H,20,24)(H,21,22,25)/p+1/t12-/m0/s1. The molecule has 0 spiro atoms. The molecule has 1 heterocycles. The van der Waals surface area contributed by atoms with Crippen LogP contribution in [-0.2, 0) is 11.3 Å². The van der Waals surface area contributed by atoms with Crippen molar-refractivity contribution in [2.45, 2.75) is 39.8 Å². The second-order valence-electron chi connectivity index (χ2n) is 6.57. The average Bonchev–Trinajstić information content (AvgIpc) is 2.66. The molecule has 0 radical (unpaired) electrons. The van der Waals surface area contributed by atoms with Gasteiger partial charge in [-0.25, -0.2) is 4.98 Å². The van der Waals surface area contributed by atoms with Crippen LogP contribution in [0.25, 0.3) is 10.9 Å². The Balaban J connectivity index is 2.24. The molecule has 1 amide bonds. The van der Waals surface area contributed by atoms with Crippen molar-refractivity contribution in [2.75, 3.05) is 27.3 Å². The van der Waals surface area contributed by atoms with Crippen LogP contribution >= 0.6 is 0 Å². The van der Waals surface area contributed by atoms with Crippen LogP contribution in [0.3, 0.4) is 0 Å². The van der Waals surface area contributed by atoms with Crippen molar-refractivity contribution in [3.63, 3.8) is 0 Å². The minimum atomic E-state index is -0.240. The van der Waals surface area contributed by atoms with Gasteiger partial charge in [-0.05, 0) is 26.3 Å². The number of H-pyrrole nitrogens is 1. The Bertz CT molecular complexity index is 849. The first kappa shape index (κ1) is 20.7. The lowest BCUT2D eigenvalue weighted by Crippen LogP contribution is -3.11. The summed E-state index contributed by atoms with van der Waals surface area (Å²) < 4.78 is 10.5. The number of amides is 1. The van der Waals surface area contributed by atoms with Crippen molar-refractivity contribution in [1.82, 2.24) is 15.3 Å². The molecular weight excluding hydrogens is 348 g/mol. The van der Waals surface area contributed by atoms with Crippen LogP contribution in [0.2, 0.25) is 0 Å². The molecule has 148 valence electrons. The topological polar surface area (TPSA) is 97.8 Å². The number of nitrogens with one attached hydrogen (secondary N) is 3. The number of ether oxygens (including phenoxy) is 2. The minimum absolute atomic E-state index is 0.00394. The second-order valence-corrected chi connectivity index (χ2v) is 6.57. The van der Waals surface area contributed by atoms with E-state index in [-0.39, 0.29) is 17.5 Å². The lowest BCUT2D eigenvalue weighted by Gasteiger charge is -2.18. The molecule has 1 aromatic carbocycles. The van der Waals surface area contributed by atoms with E-state index in [2.05, 4.69) is 15.3 Å². The van der Waals surface area contributed by atoms with Crippen molar-refractivity contribution in [1.29, 1.82) is 0 Å². The van der Waals surface area contributed by atoms with Gasteiger partial charge in [-0.3, -0.25) is 9.59 Å². The first-order valence-electron chi connectivity index (χ1n) is 9.19. The summed E-state index contributed by atoms with van der Waals surface area (Å²) in [6.45, 7) is 7.52. The number of aromatic nitrogens is 2. The largest absolute Gasteiger partial charge is 0.493 e. The van der Waals surface area contributed by atoms with E-state index in [4.69, 9.17) is 9.47 Å². The number of benzene rings is 1. The number of quaternary nitrogens is 1. The Kier molecular flexibility index (Phi) is 7.18. The Labute approximate surface area is 158 Å². The number of fused-ring (bicyclic) bond motifs is 1. The predicted octanol–water partition coefficient (Wildman–Crippen LogP) is 0.260. The number of hydrogen-bond donors (Lipinski definition) is 3. The average molecular weight is 377 g/mol. The Morgan fingerprint density at radius 1 is 1.26 bits per heavy atom. The van der Waals surface area contributed by atoms with E-state index in [9.17, 15) is 9.59 Å². The Hall–Kier alpha value is -2.61. The summed E-state index contributed by atoms with van der Waals surface area (Å²) in [6, 6.07) is 3.46. The van der Waals surface area contributed by atoms with Crippen LogP contribution in [-0.4, -0.2) is 49.2 Å². The maximum absolute atomic E-state index is 12.5. The fourth-order valence-electron chi connectivity index (χ4n) is 2.80. The fourth-order valence-corrected chi connectivity index (χ4v) is 2.80. The number of aromatic amines is 1. The third-order valence-corrected chi connectivity index (χ3v) is 4.61. The SMILES string of the molecule is CC[C@H](C)NC(=O)C[NH+](CC)Cc1nc2cc(OC)c(OC)cc2c(=O)[nH]1. The third-order valence-electron chi connectivity index (χ3n) is 4.61. The van der Waals surface area contributed by atoms with E-state index in [1.54, 1.807) is 12.1 Å². The number of hydrogen-bond acceptors (Lipinski definition) is 5. The predicted molar refractivity (Wildman–Crippen MR) is 103 cm³/mol. The van der Waals surface area contributed by atoms with Gasteiger partial charge in [-0.15, -0.1) is 0 Å². The number of nitrogens with zero attached hydrogens (tertiary/aromatic N) is 1. The molecule has 0 saturated heterocycles. The number of likely N-dealkylation sites (N-methyl/N-ethyl adjacent to an activating group) is 1. The molecule has 8 heteroatoms. The maximum atomic E-state index is 12.5. The zero-order chi connectivity index (χ0) is 20.0. The molecule has 0 aliphatic rings. The molecule has 0 aliphatic heterocycles. The highest BCUT2D eigenvalue weighted by atomic mass is 16.5. The molecule has 2 rings (SSSR count). The number of carbonyl (C=O) groups excluding carboxylic acids is 1. The molecule has 8 nitrogen and oxygen atoms in total. The quantitative estimate of drug-likeness (QED) is 0.582. The zero-order valence-electron chi connectivity index (χ0n) is 16.6. The van der Waals surface area contributed by atoms with Crippen LogP contribution in [0.5, 0.6) is 11.5 Å². The molecule has 3 N–H and O–H groups in total. The Morgan fingerprint density at radius 2 is 1.93 bits per heavy atom. The van der Waals surface area contributed by atoms with Crippen LogP contribution in [0.4, 0.5) is 0 Å². The molecule has 1 aromatic heterocycles. The molecule has 0 fully saturated rings. The van der Waals surface area contributed by atoms with E-state index < -0.39 is 0 Å². The molecule has 0 bridgehead atoms. The molecule has 2 atom stereocenters. The van der Waals surface area contributed by atoms with Crippen LogP contribution in [0.15, 0.2) is 16.9 Å². The highest BCUT2D eigenvalue weighted by Gasteiger charge is 2.17. The fraction of sp³-hybridized carbons (Fsp3) is 0.526. The first-order valence-corrected chi connectivity index (χ1v) is 9.19. The highest BCUT2D eigenvalue weighted by Crippen LogP contribution is 2.29. The monoisotopic (exact) mass is 377 g/mol. The highest BCUT2D eigenvalue weighted by molar-refractivity contribution is 5.81. The van der Waals surface area contributed by atoms with E-state index in [1.165, 1.54) is 14.2 Å². The van der Waals surface area contributed by atoms with Crippen molar-refractivity contribution in [3.05, 3.63) is 28.3 Å². The lowest BCUT2D eigenvalue weighted by atomic mass is 10.2. The summed E-state index contributed by atoms with van der Waals surface area (Å²) in [4.78, 5) is 33.0. The van der Waals surface area contributed by atoms with Gasteiger partial charge in [0.1, 0.15) is 6.54 Å². The van der Waals surface area contributed by atoms with Gasteiger partial charge in [-0.2, -0.15) is 0 Å². The van der Waals surface area contributed by atoms with Gasteiger partial charge in [0.05, 0.1) is 31.7 Å². The van der Waals surface area contributed by atoms with Gasteiger partial charge in [0, 0.05) is 12.1 Å². The Morgan fingerprint density at radius 3 is 2.52 bits per heavy atom. The second kappa shape index (κ2) is 9.36. The summed E-state index contributed by atoms with van der Waals surface area (Å²) in [5.74, 6) is 1.53. The van der Waals surface area contributed by atoms with Gasteiger partial charge in [-0.1, -0.05) is 6.92 Å². The van der Waals surface area contributed by atoms with Crippen molar-refractivity contribution in [3.8, 4) is 11.5 Å². The van der Waals surface area contributed by atoms with Crippen molar-refractivity contribution in [2.24, 2.45) is 0 Å². The van der Waals surface area contributed by atoms with E-state index in [0.717, 1.165) is 17.9 Å². The number of rotatable bonds is 9.